The van der Waals surface area contributed by atoms with Crippen molar-refractivity contribution in [3.05, 3.63) is 35.4 Å². The van der Waals surface area contributed by atoms with Gasteiger partial charge in [-0.05, 0) is 18.2 Å². The first kappa shape index (κ1) is 10.1. The molecule has 1 nitrogen and oxygen atoms in total. The van der Waals surface area contributed by atoms with Crippen LogP contribution in [0.3, 0.4) is 0 Å². The minimum Gasteiger partial charge on any atom is -0.294 e. The highest BCUT2D eigenvalue weighted by Crippen LogP contribution is 2.10. The van der Waals surface area contributed by atoms with E-state index in [1.807, 2.05) is 0 Å². The molecule has 13 heavy (non-hydrogen) atoms. The normalized spacial score (nSPS) is 10.1. The summed E-state index contributed by atoms with van der Waals surface area (Å²) in [5.41, 5.74) is 0.152. The summed E-state index contributed by atoms with van der Waals surface area (Å²) in [5.74, 6) is -2.07. The molecule has 0 aliphatic rings. The number of carbonyl (C=O) groups is 1. The van der Waals surface area contributed by atoms with E-state index in [2.05, 4.69) is 0 Å². The van der Waals surface area contributed by atoms with E-state index in [-0.39, 0.29) is 23.6 Å². The molecule has 0 atom stereocenters. The second-order valence-corrected chi connectivity index (χ2v) is 2.87. The number of benzene rings is 1. The number of rotatable bonds is 3. The Labute approximate surface area is 79.3 Å². The molecule has 0 aliphatic heterocycles. The van der Waals surface area contributed by atoms with E-state index in [1.54, 1.807) is 0 Å². The molecule has 0 saturated heterocycles. The van der Waals surface area contributed by atoms with Gasteiger partial charge in [0.25, 0.3) is 0 Å². The van der Waals surface area contributed by atoms with Crippen LogP contribution in [0.2, 0.25) is 0 Å². The van der Waals surface area contributed by atoms with Crippen LogP contribution < -0.4 is 0 Å². The smallest absolute Gasteiger partial charge is 0.164 e. The molecule has 1 rings (SSSR count). The summed E-state index contributed by atoms with van der Waals surface area (Å²) < 4.78 is 25.1. The largest absolute Gasteiger partial charge is 0.294 e. The maximum absolute atomic E-state index is 12.6. The third kappa shape index (κ3) is 2.49. The van der Waals surface area contributed by atoms with Gasteiger partial charge in [-0.25, -0.2) is 8.78 Å². The molecular formula is C9H7ClF2O. The monoisotopic (exact) mass is 204 g/mol. The predicted octanol–water partition coefficient (Wildman–Crippen LogP) is 2.78. The molecule has 0 saturated carbocycles. The first-order valence-electron chi connectivity index (χ1n) is 3.69. The van der Waals surface area contributed by atoms with Crippen molar-refractivity contribution < 1.29 is 13.6 Å². The number of Topliss-reactive ketones (excluding diaryl/α,β-unsaturated/α-hetero) is 1. The van der Waals surface area contributed by atoms with Crippen LogP contribution in [-0.4, -0.2) is 11.7 Å². The van der Waals surface area contributed by atoms with E-state index in [4.69, 9.17) is 11.6 Å². The van der Waals surface area contributed by atoms with E-state index >= 15 is 0 Å². The molecular weight excluding hydrogens is 198 g/mol. The highest BCUT2D eigenvalue weighted by Gasteiger charge is 2.08. The van der Waals surface area contributed by atoms with Crippen LogP contribution in [0.1, 0.15) is 16.8 Å². The Balaban J connectivity index is 2.90. The second kappa shape index (κ2) is 4.33. The molecule has 0 amide bonds. The molecule has 0 bridgehead atoms. The first-order chi connectivity index (χ1) is 6.15. The van der Waals surface area contributed by atoms with Crippen LogP contribution in [0.25, 0.3) is 0 Å². The van der Waals surface area contributed by atoms with Crippen molar-refractivity contribution in [3.8, 4) is 0 Å². The lowest BCUT2D eigenvalue weighted by molar-refractivity contribution is 0.0988. The second-order valence-electron chi connectivity index (χ2n) is 2.49. The maximum Gasteiger partial charge on any atom is 0.164 e. The Morgan fingerprint density at radius 2 is 2.00 bits per heavy atom. The molecule has 0 fully saturated rings. The number of ketones is 1. The van der Waals surface area contributed by atoms with Crippen LogP contribution in [0, 0.1) is 11.6 Å². The van der Waals surface area contributed by atoms with Gasteiger partial charge in [0.2, 0.25) is 0 Å². The Hall–Kier alpha value is -0.960. The van der Waals surface area contributed by atoms with Gasteiger partial charge in [-0.2, -0.15) is 0 Å². The average Bonchev–Trinajstić information content (AvgIpc) is 2.10. The number of alkyl halides is 1. The van der Waals surface area contributed by atoms with Crippen LogP contribution in [0.15, 0.2) is 18.2 Å². The fraction of sp³-hybridized carbons (Fsp3) is 0.222. The fourth-order valence-electron chi connectivity index (χ4n) is 0.900. The molecule has 0 spiro atoms. The summed E-state index contributed by atoms with van der Waals surface area (Å²) in [6.07, 6.45) is 0.132. The molecule has 1 aromatic rings. The zero-order valence-electron chi connectivity index (χ0n) is 6.69. The molecule has 4 heteroatoms. The lowest BCUT2D eigenvalue weighted by atomic mass is 10.1. The lowest BCUT2D eigenvalue weighted by Crippen LogP contribution is -2.00. The van der Waals surface area contributed by atoms with Crippen LogP contribution >= 0.6 is 11.6 Å². The SMILES string of the molecule is O=C(CCCl)c1ccc(F)c(F)c1. The summed E-state index contributed by atoms with van der Waals surface area (Å²) in [7, 11) is 0. The summed E-state index contributed by atoms with van der Waals surface area (Å²) in [6.45, 7) is 0. The summed E-state index contributed by atoms with van der Waals surface area (Å²) in [5, 5.41) is 0. The first-order valence-corrected chi connectivity index (χ1v) is 4.23. The molecule has 0 aromatic heterocycles. The molecule has 0 N–H and O–H groups in total. The fourth-order valence-corrected chi connectivity index (χ4v) is 1.07. The van der Waals surface area contributed by atoms with Crippen molar-refractivity contribution >= 4 is 17.4 Å². The van der Waals surface area contributed by atoms with Crippen LogP contribution in [0.4, 0.5) is 8.78 Å². The minimum atomic E-state index is -1.01. The van der Waals surface area contributed by atoms with Crippen molar-refractivity contribution in [2.24, 2.45) is 0 Å². The van der Waals surface area contributed by atoms with Crippen molar-refractivity contribution in [2.75, 3.05) is 5.88 Å². The van der Waals surface area contributed by atoms with Gasteiger partial charge < -0.3 is 0 Å². The molecule has 0 heterocycles. The van der Waals surface area contributed by atoms with Gasteiger partial charge in [-0.15, -0.1) is 11.6 Å². The van der Waals surface area contributed by atoms with Crippen molar-refractivity contribution in [3.63, 3.8) is 0 Å². The van der Waals surface area contributed by atoms with Gasteiger partial charge >= 0.3 is 0 Å². The van der Waals surface area contributed by atoms with Gasteiger partial charge in [0.05, 0.1) is 0 Å². The summed E-state index contributed by atoms with van der Waals surface area (Å²) in [6, 6.07) is 3.05. The highest BCUT2D eigenvalue weighted by molar-refractivity contribution is 6.19. The Morgan fingerprint density at radius 3 is 2.54 bits per heavy atom. The van der Waals surface area contributed by atoms with Crippen molar-refractivity contribution in [1.29, 1.82) is 0 Å². The highest BCUT2D eigenvalue weighted by atomic mass is 35.5. The Morgan fingerprint density at radius 1 is 1.31 bits per heavy atom. The third-order valence-electron chi connectivity index (χ3n) is 1.56. The molecule has 0 radical (unpaired) electrons. The number of halogens is 3. The summed E-state index contributed by atoms with van der Waals surface area (Å²) in [4.78, 5) is 11.1. The van der Waals surface area contributed by atoms with Gasteiger partial charge in [0.1, 0.15) is 0 Å². The third-order valence-corrected chi connectivity index (χ3v) is 1.75. The van der Waals surface area contributed by atoms with Gasteiger partial charge in [0, 0.05) is 17.9 Å². The Bertz CT molecular complexity index is 325. The lowest BCUT2D eigenvalue weighted by Gasteiger charge is -1.98. The van der Waals surface area contributed by atoms with E-state index in [1.165, 1.54) is 6.07 Å². The van der Waals surface area contributed by atoms with E-state index in [0.29, 0.717) is 0 Å². The van der Waals surface area contributed by atoms with Crippen LogP contribution in [0.5, 0.6) is 0 Å². The minimum absolute atomic E-state index is 0.132. The van der Waals surface area contributed by atoms with Crippen molar-refractivity contribution in [1.82, 2.24) is 0 Å². The topological polar surface area (TPSA) is 17.1 Å². The molecule has 70 valence electrons. The molecule has 0 aliphatic carbocycles. The van der Waals surface area contributed by atoms with Crippen molar-refractivity contribution in [2.45, 2.75) is 6.42 Å². The maximum atomic E-state index is 12.6. The van der Waals surface area contributed by atoms with Crippen LogP contribution in [-0.2, 0) is 0 Å². The zero-order chi connectivity index (χ0) is 9.84. The quantitative estimate of drug-likeness (QED) is 0.547. The van der Waals surface area contributed by atoms with Gasteiger partial charge in [-0.1, -0.05) is 0 Å². The zero-order valence-corrected chi connectivity index (χ0v) is 7.44. The number of carbonyl (C=O) groups excluding carboxylic acids is 1. The summed E-state index contributed by atoms with van der Waals surface area (Å²) >= 11 is 5.33. The predicted molar refractivity (Wildman–Crippen MR) is 46.0 cm³/mol. The average molecular weight is 205 g/mol. The Kier molecular flexibility index (Phi) is 3.37. The van der Waals surface area contributed by atoms with Gasteiger partial charge in [0.15, 0.2) is 17.4 Å². The van der Waals surface area contributed by atoms with Gasteiger partial charge in [-0.3, -0.25) is 4.79 Å². The molecule has 1 aromatic carbocycles. The van der Waals surface area contributed by atoms with E-state index < -0.39 is 11.6 Å². The standard InChI is InChI=1S/C9H7ClF2O/c10-4-3-9(13)6-1-2-7(11)8(12)5-6/h1-2,5H,3-4H2. The molecule has 0 unspecified atom stereocenters. The number of hydrogen-bond donors (Lipinski definition) is 0. The van der Waals surface area contributed by atoms with E-state index in [9.17, 15) is 13.6 Å². The number of hydrogen-bond acceptors (Lipinski definition) is 1. The van der Waals surface area contributed by atoms with E-state index in [0.717, 1.165) is 12.1 Å².